The molecule has 2 heterocycles. The number of nitrogens with zero attached hydrogens (tertiary/aromatic N) is 2. The lowest BCUT2D eigenvalue weighted by molar-refractivity contribution is -0.140. The number of furan rings is 1. The number of carbonyl (C=O) groups is 2. The zero-order valence-electron chi connectivity index (χ0n) is 14.2. The predicted molar refractivity (Wildman–Crippen MR) is 101 cm³/mol. The van der Waals surface area contributed by atoms with E-state index in [2.05, 4.69) is 15.9 Å². The quantitative estimate of drug-likeness (QED) is 0.557. The van der Waals surface area contributed by atoms with Gasteiger partial charge in [0.1, 0.15) is 23.2 Å². The van der Waals surface area contributed by atoms with E-state index in [1.54, 1.807) is 26.0 Å². The monoisotopic (exact) mass is 410 g/mol. The van der Waals surface area contributed by atoms with Gasteiger partial charge in [-0.2, -0.15) is 5.26 Å². The van der Waals surface area contributed by atoms with Crippen LogP contribution in [0.3, 0.4) is 0 Å². The number of amides is 2. The van der Waals surface area contributed by atoms with Gasteiger partial charge >= 0.3 is 0 Å². The molecule has 1 aliphatic rings. The van der Waals surface area contributed by atoms with Crippen molar-refractivity contribution in [1.29, 1.82) is 5.26 Å². The Morgan fingerprint density at radius 3 is 2.58 bits per heavy atom. The normalized spacial score (nSPS) is 16.4. The van der Waals surface area contributed by atoms with Gasteiger partial charge in [0.05, 0.1) is 0 Å². The van der Waals surface area contributed by atoms with Gasteiger partial charge in [0, 0.05) is 22.2 Å². The number of rotatable bonds is 3. The molecule has 0 fully saturated rings. The van der Waals surface area contributed by atoms with E-state index in [9.17, 15) is 14.9 Å². The van der Waals surface area contributed by atoms with Gasteiger partial charge in [-0.1, -0.05) is 34.1 Å². The van der Waals surface area contributed by atoms with E-state index in [0.29, 0.717) is 17.1 Å². The van der Waals surface area contributed by atoms with E-state index in [1.807, 2.05) is 36.4 Å². The summed E-state index contributed by atoms with van der Waals surface area (Å²) in [5, 5.41) is 9.28. The van der Waals surface area contributed by atoms with Crippen molar-refractivity contribution in [2.24, 2.45) is 0 Å². The van der Waals surface area contributed by atoms with Gasteiger partial charge in [-0.25, -0.2) is 0 Å². The highest BCUT2D eigenvalue weighted by molar-refractivity contribution is 9.10. The Bertz CT molecular complexity index is 1010. The van der Waals surface area contributed by atoms with Crippen LogP contribution in [0.4, 0.5) is 0 Å². The number of halogens is 1. The summed E-state index contributed by atoms with van der Waals surface area (Å²) >= 11 is 3.48. The van der Waals surface area contributed by atoms with Gasteiger partial charge in [-0.3, -0.25) is 14.5 Å². The van der Waals surface area contributed by atoms with Crippen molar-refractivity contribution in [3.63, 3.8) is 0 Å². The number of carbonyl (C=O) groups excluding carboxylic acids is 2. The largest absolute Gasteiger partial charge is 0.457 e. The SMILES string of the molecule is CCN1C(=O)C(C#N)=C(C)/C(=C\c2ccc(-c3ccccc3Br)o2)C1=O. The standard InChI is InChI=1S/C20H15BrN2O3/c1-3-23-19(24)15(12(2)16(11-22)20(23)25)10-13-8-9-18(26-13)14-6-4-5-7-17(14)21/h4-10H,3H2,1-2H3/b15-10+. The molecule has 0 spiro atoms. The summed E-state index contributed by atoms with van der Waals surface area (Å²) in [7, 11) is 0. The van der Waals surface area contributed by atoms with Crippen molar-refractivity contribution in [3.8, 4) is 17.4 Å². The molecule has 1 aliphatic heterocycles. The summed E-state index contributed by atoms with van der Waals surface area (Å²) < 4.78 is 6.74. The Kier molecular flexibility index (Phi) is 4.92. The highest BCUT2D eigenvalue weighted by Gasteiger charge is 2.34. The van der Waals surface area contributed by atoms with Crippen LogP contribution in [0.25, 0.3) is 17.4 Å². The zero-order chi connectivity index (χ0) is 18.8. The minimum atomic E-state index is -0.553. The Morgan fingerprint density at radius 1 is 1.19 bits per heavy atom. The molecule has 0 N–H and O–H groups in total. The molecule has 6 heteroatoms. The van der Waals surface area contributed by atoms with E-state index < -0.39 is 11.8 Å². The van der Waals surface area contributed by atoms with Crippen molar-refractivity contribution in [1.82, 2.24) is 4.90 Å². The Labute approximate surface area is 159 Å². The summed E-state index contributed by atoms with van der Waals surface area (Å²) in [4.78, 5) is 25.9. The maximum Gasteiger partial charge on any atom is 0.271 e. The van der Waals surface area contributed by atoms with E-state index in [1.165, 1.54) is 0 Å². The minimum absolute atomic E-state index is 0.0183. The molecule has 2 amide bonds. The molecule has 0 atom stereocenters. The fourth-order valence-corrected chi connectivity index (χ4v) is 3.28. The van der Waals surface area contributed by atoms with Crippen LogP contribution in [-0.2, 0) is 9.59 Å². The summed E-state index contributed by atoms with van der Waals surface area (Å²) in [5.41, 5.74) is 1.53. The first-order valence-electron chi connectivity index (χ1n) is 8.02. The van der Waals surface area contributed by atoms with Crippen LogP contribution in [-0.4, -0.2) is 23.3 Å². The van der Waals surface area contributed by atoms with Crippen LogP contribution >= 0.6 is 15.9 Å². The number of hydrogen-bond donors (Lipinski definition) is 0. The Hall–Kier alpha value is -2.91. The van der Waals surface area contributed by atoms with Crippen LogP contribution < -0.4 is 0 Å². The topological polar surface area (TPSA) is 74.3 Å². The van der Waals surface area contributed by atoms with Gasteiger partial charge in [0.2, 0.25) is 0 Å². The van der Waals surface area contributed by atoms with Crippen LogP contribution in [0.15, 0.2) is 62.0 Å². The lowest BCUT2D eigenvalue weighted by Gasteiger charge is -2.25. The second-order valence-electron chi connectivity index (χ2n) is 5.71. The number of nitriles is 1. The van der Waals surface area contributed by atoms with Crippen molar-refractivity contribution >= 4 is 33.8 Å². The lowest BCUT2D eigenvalue weighted by atomic mass is 9.95. The highest BCUT2D eigenvalue weighted by atomic mass is 79.9. The average Bonchev–Trinajstić information content (AvgIpc) is 3.08. The third-order valence-electron chi connectivity index (χ3n) is 4.19. The summed E-state index contributed by atoms with van der Waals surface area (Å²) in [5.74, 6) is 0.148. The van der Waals surface area contributed by atoms with Crippen LogP contribution in [0.2, 0.25) is 0 Å². The molecule has 0 bridgehead atoms. The third kappa shape index (κ3) is 3.02. The van der Waals surface area contributed by atoms with E-state index in [-0.39, 0.29) is 17.7 Å². The van der Waals surface area contributed by atoms with Gasteiger partial charge in [-0.05, 0) is 43.7 Å². The molecule has 0 saturated heterocycles. The first kappa shape index (κ1) is 17.9. The molecule has 3 rings (SSSR count). The van der Waals surface area contributed by atoms with Crippen LogP contribution in [0.5, 0.6) is 0 Å². The summed E-state index contributed by atoms with van der Waals surface area (Å²) in [6, 6.07) is 13.1. The second kappa shape index (κ2) is 7.14. The average molecular weight is 411 g/mol. The van der Waals surface area contributed by atoms with Gasteiger partial charge in [0.15, 0.2) is 0 Å². The molecule has 130 valence electrons. The first-order chi connectivity index (χ1) is 12.5. The summed E-state index contributed by atoms with van der Waals surface area (Å²) in [6.45, 7) is 3.50. The number of likely N-dealkylation sites (N-methyl/N-ethyl adjacent to an activating group) is 1. The van der Waals surface area contributed by atoms with E-state index in [4.69, 9.17) is 4.42 Å². The lowest BCUT2D eigenvalue weighted by Crippen LogP contribution is -2.42. The maximum atomic E-state index is 12.6. The van der Waals surface area contributed by atoms with Gasteiger partial charge in [0.25, 0.3) is 11.8 Å². The highest BCUT2D eigenvalue weighted by Crippen LogP contribution is 2.31. The molecule has 5 nitrogen and oxygen atoms in total. The molecular weight excluding hydrogens is 396 g/mol. The molecule has 0 aliphatic carbocycles. The van der Waals surface area contributed by atoms with Gasteiger partial charge in [-0.15, -0.1) is 0 Å². The molecule has 0 saturated carbocycles. The Balaban J connectivity index is 2.06. The van der Waals surface area contributed by atoms with Crippen LogP contribution in [0, 0.1) is 11.3 Å². The summed E-state index contributed by atoms with van der Waals surface area (Å²) in [6.07, 6.45) is 1.57. The van der Waals surface area contributed by atoms with E-state index >= 15 is 0 Å². The van der Waals surface area contributed by atoms with Crippen LogP contribution in [0.1, 0.15) is 19.6 Å². The maximum absolute atomic E-state index is 12.6. The fourth-order valence-electron chi connectivity index (χ4n) is 2.80. The molecule has 0 unspecified atom stereocenters. The molecule has 26 heavy (non-hydrogen) atoms. The van der Waals surface area contributed by atoms with Crippen molar-refractivity contribution in [2.75, 3.05) is 6.54 Å². The fraction of sp³-hybridized carbons (Fsp3) is 0.150. The molecular formula is C20H15BrN2O3. The van der Waals surface area contributed by atoms with Crippen molar-refractivity contribution in [3.05, 3.63) is 63.4 Å². The Morgan fingerprint density at radius 2 is 1.92 bits per heavy atom. The number of imide groups is 1. The predicted octanol–water partition coefficient (Wildman–Crippen LogP) is 4.32. The van der Waals surface area contributed by atoms with E-state index in [0.717, 1.165) is 14.9 Å². The minimum Gasteiger partial charge on any atom is -0.457 e. The second-order valence-corrected chi connectivity index (χ2v) is 6.56. The van der Waals surface area contributed by atoms with Crippen molar-refractivity contribution < 1.29 is 14.0 Å². The van der Waals surface area contributed by atoms with Crippen molar-refractivity contribution in [2.45, 2.75) is 13.8 Å². The zero-order valence-corrected chi connectivity index (χ0v) is 15.8. The number of hydrogen-bond acceptors (Lipinski definition) is 4. The molecule has 0 radical (unpaired) electrons. The number of benzene rings is 1. The molecule has 1 aromatic heterocycles. The smallest absolute Gasteiger partial charge is 0.271 e. The third-order valence-corrected chi connectivity index (χ3v) is 4.89. The first-order valence-corrected chi connectivity index (χ1v) is 8.81. The molecule has 2 aromatic rings. The van der Waals surface area contributed by atoms with Gasteiger partial charge < -0.3 is 4.42 Å². The molecule has 1 aromatic carbocycles.